The van der Waals surface area contributed by atoms with E-state index in [4.69, 9.17) is 0 Å². The van der Waals surface area contributed by atoms with Crippen molar-refractivity contribution in [1.29, 1.82) is 0 Å². The summed E-state index contributed by atoms with van der Waals surface area (Å²) in [6, 6.07) is 19.7. The molecule has 80 valence electrons. The zero-order chi connectivity index (χ0) is 11.4. The van der Waals surface area contributed by atoms with Crippen molar-refractivity contribution in [3.8, 4) is 22.3 Å². The van der Waals surface area contributed by atoms with Gasteiger partial charge in [0, 0.05) is 0 Å². The van der Waals surface area contributed by atoms with E-state index in [0.29, 0.717) is 0 Å². The Bertz CT molecular complexity index is 751. The predicted molar refractivity (Wildman–Crippen MR) is 73.1 cm³/mol. The van der Waals surface area contributed by atoms with Crippen molar-refractivity contribution in [2.24, 2.45) is 0 Å². The Morgan fingerprint density at radius 1 is 0.647 bits per heavy atom. The molecule has 0 N–H and O–H groups in total. The van der Waals surface area contributed by atoms with Gasteiger partial charge in [0.2, 0.25) is 0 Å². The van der Waals surface area contributed by atoms with Crippen LogP contribution in [0.25, 0.3) is 33.0 Å². The van der Waals surface area contributed by atoms with Gasteiger partial charge in [-0.1, -0.05) is 54.6 Å². The molecular formula is C17H12. The summed E-state index contributed by atoms with van der Waals surface area (Å²) in [6.45, 7) is 2.20. The SMILES string of the molecule is Cc1ccc2cccc3c2c1-c1ccccc1-3. The minimum absolute atomic E-state index is 1.35. The molecule has 0 spiro atoms. The Hall–Kier alpha value is -2.08. The van der Waals surface area contributed by atoms with Crippen molar-refractivity contribution >= 4 is 10.8 Å². The standard InChI is InChI=1S/C17H12/c1-11-9-10-12-5-4-8-15-13-6-2-3-7-14(13)16(11)17(12)15/h2-10H,1H3. The molecule has 0 heteroatoms. The van der Waals surface area contributed by atoms with Crippen LogP contribution >= 0.6 is 0 Å². The Kier molecular flexibility index (Phi) is 1.58. The van der Waals surface area contributed by atoms with Crippen LogP contribution in [-0.4, -0.2) is 0 Å². The molecule has 3 aromatic rings. The van der Waals surface area contributed by atoms with Gasteiger partial charge in [-0.3, -0.25) is 0 Å². The Morgan fingerprint density at radius 3 is 2.29 bits per heavy atom. The number of rotatable bonds is 0. The van der Waals surface area contributed by atoms with Crippen LogP contribution in [0.15, 0.2) is 54.6 Å². The van der Waals surface area contributed by atoms with Crippen molar-refractivity contribution in [2.75, 3.05) is 0 Å². The normalized spacial score (nSPS) is 11.8. The van der Waals surface area contributed by atoms with Gasteiger partial charge in [-0.2, -0.15) is 0 Å². The Labute approximate surface area is 101 Å². The Balaban J connectivity index is 2.33. The molecular weight excluding hydrogens is 204 g/mol. The molecule has 0 nitrogen and oxygen atoms in total. The summed E-state index contributed by atoms with van der Waals surface area (Å²) in [6.07, 6.45) is 0. The first-order valence-electron chi connectivity index (χ1n) is 5.98. The summed E-state index contributed by atoms with van der Waals surface area (Å²) >= 11 is 0. The lowest BCUT2D eigenvalue weighted by molar-refractivity contribution is 1.51. The summed E-state index contributed by atoms with van der Waals surface area (Å²) < 4.78 is 0. The molecule has 4 rings (SSSR count). The molecule has 0 radical (unpaired) electrons. The number of hydrogen-bond donors (Lipinski definition) is 0. The highest BCUT2D eigenvalue weighted by molar-refractivity contribution is 6.16. The van der Waals surface area contributed by atoms with Crippen molar-refractivity contribution < 1.29 is 0 Å². The number of hydrogen-bond acceptors (Lipinski definition) is 0. The minimum Gasteiger partial charge on any atom is -0.0616 e. The predicted octanol–water partition coefficient (Wildman–Crippen LogP) is 4.80. The lowest BCUT2D eigenvalue weighted by atomic mass is 9.99. The maximum Gasteiger partial charge on any atom is -0.00237 e. The number of fused-ring (bicyclic) bond motifs is 3. The molecule has 0 heterocycles. The smallest absolute Gasteiger partial charge is 0.00237 e. The molecule has 0 saturated carbocycles. The van der Waals surface area contributed by atoms with E-state index >= 15 is 0 Å². The van der Waals surface area contributed by atoms with Crippen molar-refractivity contribution in [3.63, 3.8) is 0 Å². The molecule has 0 fully saturated rings. The lowest BCUT2D eigenvalue weighted by Gasteiger charge is -2.05. The van der Waals surface area contributed by atoms with Crippen molar-refractivity contribution in [3.05, 3.63) is 60.2 Å². The second-order valence-corrected chi connectivity index (χ2v) is 4.71. The summed E-state index contributed by atoms with van der Waals surface area (Å²) in [5, 5.41) is 2.77. The highest BCUT2D eigenvalue weighted by Crippen LogP contribution is 2.48. The van der Waals surface area contributed by atoms with E-state index in [2.05, 4.69) is 61.5 Å². The van der Waals surface area contributed by atoms with E-state index in [0.717, 1.165) is 0 Å². The van der Waals surface area contributed by atoms with Gasteiger partial charge in [0.05, 0.1) is 0 Å². The lowest BCUT2D eigenvalue weighted by Crippen LogP contribution is -1.80. The summed E-state index contributed by atoms with van der Waals surface area (Å²) in [7, 11) is 0. The number of aryl methyl sites for hydroxylation is 1. The van der Waals surface area contributed by atoms with Crippen LogP contribution in [0.3, 0.4) is 0 Å². The molecule has 3 aromatic carbocycles. The second-order valence-electron chi connectivity index (χ2n) is 4.71. The fourth-order valence-electron chi connectivity index (χ4n) is 2.99. The third-order valence-corrected chi connectivity index (χ3v) is 3.74. The minimum atomic E-state index is 1.35. The van der Waals surface area contributed by atoms with Gasteiger partial charge in [-0.05, 0) is 45.5 Å². The first-order valence-corrected chi connectivity index (χ1v) is 5.98. The Morgan fingerprint density at radius 2 is 1.41 bits per heavy atom. The zero-order valence-corrected chi connectivity index (χ0v) is 9.70. The number of benzene rings is 3. The van der Waals surface area contributed by atoms with Gasteiger partial charge >= 0.3 is 0 Å². The van der Waals surface area contributed by atoms with Crippen LogP contribution in [-0.2, 0) is 0 Å². The molecule has 0 aliphatic heterocycles. The first kappa shape index (κ1) is 9.00. The molecule has 1 aliphatic carbocycles. The maximum absolute atomic E-state index is 2.23. The molecule has 0 saturated heterocycles. The third-order valence-electron chi connectivity index (χ3n) is 3.74. The quantitative estimate of drug-likeness (QED) is 0.396. The summed E-state index contributed by atoms with van der Waals surface area (Å²) in [4.78, 5) is 0. The van der Waals surface area contributed by atoms with Crippen LogP contribution in [0.2, 0.25) is 0 Å². The van der Waals surface area contributed by atoms with Crippen molar-refractivity contribution in [1.82, 2.24) is 0 Å². The van der Waals surface area contributed by atoms with Crippen LogP contribution in [0.1, 0.15) is 5.56 Å². The fraction of sp³-hybridized carbons (Fsp3) is 0.0588. The second kappa shape index (κ2) is 2.98. The van der Waals surface area contributed by atoms with E-state index < -0.39 is 0 Å². The average Bonchev–Trinajstić information content (AvgIpc) is 2.71. The largest absolute Gasteiger partial charge is 0.0616 e. The third kappa shape index (κ3) is 1.03. The van der Waals surface area contributed by atoms with E-state index in [-0.39, 0.29) is 0 Å². The van der Waals surface area contributed by atoms with E-state index in [1.807, 2.05) is 0 Å². The van der Waals surface area contributed by atoms with Crippen LogP contribution < -0.4 is 0 Å². The zero-order valence-electron chi connectivity index (χ0n) is 9.70. The van der Waals surface area contributed by atoms with Crippen LogP contribution in [0.5, 0.6) is 0 Å². The molecule has 17 heavy (non-hydrogen) atoms. The van der Waals surface area contributed by atoms with E-state index in [1.165, 1.54) is 38.6 Å². The first-order chi connectivity index (χ1) is 8.36. The van der Waals surface area contributed by atoms with Gasteiger partial charge in [0.1, 0.15) is 0 Å². The van der Waals surface area contributed by atoms with Crippen molar-refractivity contribution in [2.45, 2.75) is 6.92 Å². The average molecular weight is 216 g/mol. The van der Waals surface area contributed by atoms with Gasteiger partial charge in [-0.25, -0.2) is 0 Å². The van der Waals surface area contributed by atoms with Gasteiger partial charge in [0.25, 0.3) is 0 Å². The molecule has 0 atom stereocenters. The van der Waals surface area contributed by atoms with Gasteiger partial charge in [0.15, 0.2) is 0 Å². The van der Waals surface area contributed by atoms with Gasteiger partial charge < -0.3 is 0 Å². The van der Waals surface area contributed by atoms with Crippen LogP contribution in [0, 0.1) is 6.92 Å². The van der Waals surface area contributed by atoms with Gasteiger partial charge in [-0.15, -0.1) is 0 Å². The highest BCUT2D eigenvalue weighted by Gasteiger charge is 2.21. The fourth-order valence-corrected chi connectivity index (χ4v) is 2.99. The summed E-state index contributed by atoms with van der Waals surface area (Å²) in [5.74, 6) is 0. The van der Waals surface area contributed by atoms with E-state index in [9.17, 15) is 0 Å². The van der Waals surface area contributed by atoms with E-state index in [1.54, 1.807) is 0 Å². The monoisotopic (exact) mass is 216 g/mol. The highest BCUT2D eigenvalue weighted by atomic mass is 14.2. The molecule has 0 unspecified atom stereocenters. The summed E-state index contributed by atoms with van der Waals surface area (Å²) in [5.41, 5.74) is 6.94. The molecule has 1 aliphatic rings. The topological polar surface area (TPSA) is 0 Å². The molecule has 0 amide bonds. The van der Waals surface area contributed by atoms with Crippen LogP contribution in [0.4, 0.5) is 0 Å². The maximum atomic E-state index is 2.23. The molecule has 0 aromatic heterocycles. The molecule has 0 bridgehead atoms.